The second kappa shape index (κ2) is 8.20. The fourth-order valence-corrected chi connectivity index (χ4v) is 4.85. The van der Waals surface area contributed by atoms with Crippen molar-refractivity contribution >= 4 is 40.3 Å². The Kier molecular flexibility index (Phi) is 5.68. The van der Waals surface area contributed by atoms with Crippen molar-refractivity contribution in [1.82, 2.24) is 14.9 Å². The Hall–Kier alpha value is -1.94. The fourth-order valence-electron chi connectivity index (χ4n) is 3.27. The molecule has 2 aliphatic heterocycles. The molecule has 1 N–H and O–H groups in total. The first-order valence-electron chi connectivity index (χ1n) is 9.19. The number of aliphatic imine (C=N–C) groups is 1. The molecule has 0 aromatic carbocycles. The first kappa shape index (κ1) is 19.4. The molecule has 1 atom stereocenters. The summed E-state index contributed by atoms with van der Waals surface area (Å²) >= 11 is 3.22. The lowest BCUT2D eigenvalue weighted by Crippen LogP contribution is -2.44. The fraction of sp³-hybridized carbons (Fsp3) is 0.421. The van der Waals surface area contributed by atoms with E-state index in [1.165, 1.54) is 0 Å². The third-order valence-electron chi connectivity index (χ3n) is 4.95. The number of thioether (sulfide) groups is 1. The summed E-state index contributed by atoms with van der Waals surface area (Å²) in [6, 6.07) is 4.00. The third-order valence-corrected chi connectivity index (χ3v) is 7.11. The van der Waals surface area contributed by atoms with Crippen molar-refractivity contribution in [2.45, 2.75) is 17.6 Å². The number of aliphatic hydroxyl groups excluding tert-OH is 1. The van der Waals surface area contributed by atoms with Crippen LogP contribution in [0.5, 0.6) is 0 Å². The highest BCUT2D eigenvalue weighted by Gasteiger charge is 2.22. The van der Waals surface area contributed by atoms with Crippen LogP contribution in [0.25, 0.3) is 0 Å². The monoisotopic (exact) mass is 416 g/mol. The third kappa shape index (κ3) is 3.93. The number of allylic oxidation sites excluding steroid dienone is 1. The molecule has 7 nitrogen and oxygen atoms in total. The molecular weight excluding hydrogens is 392 g/mol. The molecule has 4 heterocycles. The summed E-state index contributed by atoms with van der Waals surface area (Å²) in [5.74, 6) is 0.676. The van der Waals surface area contributed by atoms with E-state index >= 15 is 0 Å². The van der Waals surface area contributed by atoms with Crippen molar-refractivity contribution in [2.75, 3.05) is 49.3 Å². The number of pyridine rings is 1. The van der Waals surface area contributed by atoms with E-state index in [1.54, 1.807) is 28.0 Å². The van der Waals surface area contributed by atoms with Crippen LogP contribution in [-0.2, 0) is 0 Å². The topological polar surface area (TPSA) is 68.1 Å². The van der Waals surface area contributed by atoms with E-state index in [0.29, 0.717) is 5.82 Å². The maximum absolute atomic E-state index is 10.6. The van der Waals surface area contributed by atoms with Gasteiger partial charge in [0.2, 0.25) is 6.35 Å². The number of aromatic nitrogens is 2. The molecule has 0 spiro atoms. The predicted octanol–water partition coefficient (Wildman–Crippen LogP) is 2.42. The van der Waals surface area contributed by atoms with Crippen LogP contribution in [0.15, 0.2) is 39.9 Å². The van der Waals surface area contributed by atoms with Crippen molar-refractivity contribution < 1.29 is 5.11 Å². The van der Waals surface area contributed by atoms with E-state index in [1.807, 2.05) is 37.7 Å². The maximum atomic E-state index is 10.6. The average Bonchev–Trinajstić information content (AvgIpc) is 3.09. The van der Waals surface area contributed by atoms with Gasteiger partial charge < -0.3 is 14.9 Å². The summed E-state index contributed by atoms with van der Waals surface area (Å²) in [7, 11) is 2.15. The number of piperazine rings is 1. The summed E-state index contributed by atoms with van der Waals surface area (Å²) in [5.41, 5.74) is 2.81. The van der Waals surface area contributed by atoms with Crippen LogP contribution in [-0.4, -0.2) is 71.5 Å². The Morgan fingerprint density at radius 1 is 1.21 bits per heavy atom. The minimum atomic E-state index is -0.999. The van der Waals surface area contributed by atoms with Crippen LogP contribution in [0.4, 0.5) is 11.5 Å². The van der Waals surface area contributed by atoms with Crippen LogP contribution in [0.1, 0.15) is 10.6 Å². The maximum Gasteiger partial charge on any atom is 0.231 e. The van der Waals surface area contributed by atoms with E-state index < -0.39 is 6.35 Å². The number of likely N-dealkylation sites (N-methyl/N-ethyl adjacent to an activating group) is 1. The van der Waals surface area contributed by atoms with Crippen molar-refractivity contribution in [3.63, 3.8) is 0 Å². The Labute approximate surface area is 173 Å². The van der Waals surface area contributed by atoms with Gasteiger partial charge in [-0.25, -0.2) is 15.0 Å². The number of thiazole rings is 1. The summed E-state index contributed by atoms with van der Waals surface area (Å²) in [6.07, 6.45) is 6.63. The average molecular weight is 417 g/mol. The standard InChI is InChI=1S/C19H24N6OS2/c1-13-17(28-19(21-13)27-3)15-6-7-25(18(26)22-15)16-5-4-14(12-20-16)24-10-8-23(2)9-11-24/h4-7,12,18,26H,8-11H2,1-3H3. The quantitative estimate of drug-likeness (QED) is 0.768. The van der Waals surface area contributed by atoms with Crippen LogP contribution >= 0.6 is 23.1 Å². The molecule has 28 heavy (non-hydrogen) atoms. The largest absolute Gasteiger partial charge is 0.368 e. The second-order valence-electron chi connectivity index (χ2n) is 6.85. The first-order chi connectivity index (χ1) is 13.5. The highest BCUT2D eigenvalue weighted by atomic mass is 32.2. The first-order valence-corrected chi connectivity index (χ1v) is 11.2. The van der Waals surface area contributed by atoms with Crippen molar-refractivity contribution in [3.8, 4) is 0 Å². The molecule has 1 unspecified atom stereocenters. The van der Waals surface area contributed by atoms with Crippen LogP contribution in [0.2, 0.25) is 0 Å². The molecule has 1 fully saturated rings. The minimum absolute atomic E-state index is 0.676. The lowest BCUT2D eigenvalue weighted by Gasteiger charge is -2.34. The van der Waals surface area contributed by atoms with Gasteiger partial charge in [0, 0.05) is 32.4 Å². The molecule has 0 saturated carbocycles. The van der Waals surface area contributed by atoms with Crippen molar-refractivity contribution in [3.05, 3.63) is 41.2 Å². The molecule has 148 valence electrons. The summed E-state index contributed by atoms with van der Waals surface area (Å²) in [4.78, 5) is 20.9. The lowest BCUT2D eigenvalue weighted by atomic mass is 10.2. The zero-order chi connectivity index (χ0) is 19.7. The summed E-state index contributed by atoms with van der Waals surface area (Å²) in [6.45, 7) is 6.09. The van der Waals surface area contributed by atoms with Crippen molar-refractivity contribution in [2.24, 2.45) is 4.99 Å². The molecule has 1 saturated heterocycles. The number of hydrogen-bond donors (Lipinski definition) is 1. The number of aliphatic hydroxyl groups is 1. The minimum Gasteiger partial charge on any atom is -0.368 e. The lowest BCUT2D eigenvalue weighted by molar-refractivity contribution is 0.188. The number of aryl methyl sites for hydroxylation is 1. The molecule has 4 rings (SSSR count). The SMILES string of the molecule is CSc1nc(C)c(C2=NC(O)N(c3ccc(N4CCN(C)CC4)cn3)C=C2)s1. The number of hydrogen-bond acceptors (Lipinski definition) is 9. The normalized spacial score (nSPS) is 20.6. The molecule has 0 bridgehead atoms. The highest BCUT2D eigenvalue weighted by molar-refractivity contribution is 8.00. The molecule has 0 radical (unpaired) electrons. The van der Waals surface area contributed by atoms with Gasteiger partial charge in [-0.15, -0.1) is 11.3 Å². The van der Waals surface area contributed by atoms with Gasteiger partial charge in [-0.1, -0.05) is 11.8 Å². The highest BCUT2D eigenvalue weighted by Crippen LogP contribution is 2.28. The number of anilines is 2. The van der Waals surface area contributed by atoms with E-state index in [4.69, 9.17) is 0 Å². The van der Waals surface area contributed by atoms with E-state index in [-0.39, 0.29) is 0 Å². The predicted molar refractivity (Wildman–Crippen MR) is 117 cm³/mol. The van der Waals surface area contributed by atoms with Gasteiger partial charge in [-0.3, -0.25) is 4.90 Å². The summed E-state index contributed by atoms with van der Waals surface area (Å²) in [5, 5.41) is 10.6. The van der Waals surface area contributed by atoms with Gasteiger partial charge in [-0.05, 0) is 38.4 Å². The van der Waals surface area contributed by atoms with Crippen LogP contribution in [0, 0.1) is 6.92 Å². The van der Waals surface area contributed by atoms with Crippen molar-refractivity contribution in [1.29, 1.82) is 0 Å². The molecular formula is C19H24N6OS2. The van der Waals surface area contributed by atoms with Gasteiger partial charge >= 0.3 is 0 Å². The number of nitrogens with zero attached hydrogens (tertiary/aromatic N) is 6. The molecule has 2 aromatic rings. The number of rotatable bonds is 4. The van der Waals surface area contributed by atoms with Gasteiger partial charge in [0.05, 0.1) is 28.2 Å². The van der Waals surface area contributed by atoms with Gasteiger partial charge in [0.15, 0.2) is 4.34 Å². The molecule has 9 heteroatoms. The smallest absolute Gasteiger partial charge is 0.231 e. The van der Waals surface area contributed by atoms with Gasteiger partial charge in [-0.2, -0.15) is 0 Å². The second-order valence-corrected chi connectivity index (χ2v) is 8.90. The van der Waals surface area contributed by atoms with E-state index in [2.05, 4.69) is 37.9 Å². The van der Waals surface area contributed by atoms with Gasteiger partial charge in [0.1, 0.15) is 5.82 Å². The summed E-state index contributed by atoms with van der Waals surface area (Å²) < 4.78 is 1.00. The molecule has 2 aliphatic rings. The molecule has 0 amide bonds. The Morgan fingerprint density at radius 3 is 2.61 bits per heavy atom. The van der Waals surface area contributed by atoms with E-state index in [9.17, 15) is 5.11 Å². The van der Waals surface area contributed by atoms with Crippen LogP contribution in [0.3, 0.4) is 0 Å². The zero-order valence-electron chi connectivity index (χ0n) is 16.2. The van der Waals surface area contributed by atoms with Crippen LogP contribution < -0.4 is 9.80 Å². The molecule has 0 aliphatic carbocycles. The Morgan fingerprint density at radius 2 is 2.00 bits per heavy atom. The molecule has 2 aromatic heterocycles. The van der Waals surface area contributed by atoms with Gasteiger partial charge in [0.25, 0.3) is 0 Å². The van der Waals surface area contributed by atoms with E-state index in [0.717, 1.165) is 52.5 Å². The Balaban J connectivity index is 1.48. The zero-order valence-corrected chi connectivity index (χ0v) is 17.9. The Bertz CT molecular complexity index is 886.